The summed E-state index contributed by atoms with van der Waals surface area (Å²) < 4.78 is 41.9. The van der Waals surface area contributed by atoms with Gasteiger partial charge in [0, 0.05) is 31.3 Å². The van der Waals surface area contributed by atoms with Gasteiger partial charge in [0.15, 0.2) is 0 Å². The quantitative estimate of drug-likeness (QED) is 0.196. The topological polar surface area (TPSA) is 134 Å². The Morgan fingerprint density at radius 1 is 1.17 bits per heavy atom. The average Bonchev–Trinajstić information content (AvgIpc) is 2.82. The molecule has 0 unspecified atom stereocenters. The number of nitrogens with one attached hydrogen (secondary N) is 3. The number of aliphatic hydroxyl groups is 1. The first-order chi connectivity index (χ1) is 16.7. The van der Waals surface area contributed by atoms with Crippen LogP contribution in [-0.4, -0.2) is 52.1 Å². The van der Waals surface area contributed by atoms with Crippen LogP contribution in [0.4, 0.5) is 30.6 Å². The Kier molecular flexibility index (Phi) is 9.43. The number of hydrogen-bond acceptors (Lipinski definition) is 9. The minimum Gasteiger partial charge on any atom is -0.405 e. The van der Waals surface area contributed by atoms with Crippen LogP contribution in [0.15, 0.2) is 30.5 Å². The summed E-state index contributed by atoms with van der Waals surface area (Å²) in [7, 11) is 0. The molecule has 1 aromatic carbocycles. The monoisotopic (exact) mass is 498 g/mol. The van der Waals surface area contributed by atoms with Gasteiger partial charge in [0.1, 0.15) is 11.9 Å². The summed E-state index contributed by atoms with van der Waals surface area (Å²) in [4.78, 5) is 19.0. The van der Waals surface area contributed by atoms with Crippen LogP contribution in [0, 0.1) is 16.0 Å². The van der Waals surface area contributed by atoms with Gasteiger partial charge in [-0.15, -0.1) is 13.2 Å². The Labute approximate surface area is 200 Å². The molecule has 4 N–H and O–H groups in total. The molecule has 1 heterocycles. The van der Waals surface area contributed by atoms with Crippen molar-refractivity contribution >= 4 is 17.5 Å². The van der Waals surface area contributed by atoms with Gasteiger partial charge in [-0.3, -0.25) is 10.1 Å². The molecule has 0 bridgehead atoms. The number of nitro groups is 1. The summed E-state index contributed by atoms with van der Waals surface area (Å²) in [5, 5.41) is 29.6. The zero-order chi connectivity index (χ0) is 25.3. The molecule has 0 radical (unpaired) electrons. The number of aromatic nitrogens is 2. The van der Waals surface area contributed by atoms with Crippen LogP contribution in [0.5, 0.6) is 5.75 Å². The van der Waals surface area contributed by atoms with Crippen molar-refractivity contribution in [2.45, 2.75) is 51.1 Å². The van der Waals surface area contributed by atoms with Gasteiger partial charge in [0.25, 0.3) is 0 Å². The molecule has 0 atom stereocenters. The molecule has 0 spiro atoms. The van der Waals surface area contributed by atoms with Crippen molar-refractivity contribution in [3.63, 3.8) is 0 Å². The van der Waals surface area contributed by atoms with Crippen molar-refractivity contribution in [2.75, 3.05) is 30.3 Å². The van der Waals surface area contributed by atoms with Crippen LogP contribution < -0.4 is 20.7 Å². The molecule has 13 heteroatoms. The molecule has 0 aliphatic heterocycles. The first kappa shape index (κ1) is 26.4. The SMILES string of the molecule is O=[N+]([O-])c1cnc(NCc2ccccc2OC(F)(F)F)nc1NCC1CCC(NCCCO)CC1. The molecule has 0 amide bonds. The highest BCUT2D eigenvalue weighted by atomic mass is 19.4. The molecule has 192 valence electrons. The van der Waals surface area contributed by atoms with Gasteiger partial charge in [0.2, 0.25) is 11.8 Å². The maximum atomic E-state index is 12.6. The molecule has 1 aromatic heterocycles. The fourth-order valence-electron chi connectivity index (χ4n) is 3.97. The lowest BCUT2D eigenvalue weighted by molar-refractivity contribution is -0.384. The second-order valence-corrected chi connectivity index (χ2v) is 8.32. The van der Waals surface area contributed by atoms with Gasteiger partial charge in [0.05, 0.1) is 4.92 Å². The smallest absolute Gasteiger partial charge is 0.405 e. The Balaban J connectivity index is 1.59. The van der Waals surface area contributed by atoms with Gasteiger partial charge >= 0.3 is 12.0 Å². The third-order valence-corrected chi connectivity index (χ3v) is 5.77. The number of halogens is 3. The molecule has 35 heavy (non-hydrogen) atoms. The highest BCUT2D eigenvalue weighted by molar-refractivity contribution is 5.57. The molecule has 1 aliphatic rings. The number of alkyl halides is 3. The predicted molar refractivity (Wildman–Crippen MR) is 123 cm³/mol. The van der Waals surface area contributed by atoms with E-state index in [-0.39, 0.29) is 41.9 Å². The third-order valence-electron chi connectivity index (χ3n) is 5.77. The second-order valence-electron chi connectivity index (χ2n) is 8.32. The second kappa shape index (κ2) is 12.5. The van der Waals surface area contributed by atoms with Gasteiger partial charge in [-0.1, -0.05) is 18.2 Å². The van der Waals surface area contributed by atoms with Crippen molar-refractivity contribution in [3.05, 3.63) is 46.1 Å². The summed E-state index contributed by atoms with van der Waals surface area (Å²) in [6, 6.07) is 6.07. The van der Waals surface area contributed by atoms with E-state index in [0.29, 0.717) is 18.5 Å². The van der Waals surface area contributed by atoms with Gasteiger partial charge in [-0.05, 0) is 50.6 Å². The molecule has 0 saturated heterocycles. The largest absolute Gasteiger partial charge is 0.573 e. The van der Waals surface area contributed by atoms with Crippen molar-refractivity contribution in [1.29, 1.82) is 0 Å². The standard InChI is InChI=1S/C22H29F3N6O4/c23-22(24,25)35-19-5-2-1-4-16(19)13-28-21-29-14-18(31(33)34)20(30-21)27-12-15-6-8-17(9-7-15)26-10-3-11-32/h1-2,4-5,14-15,17,26,32H,3,6-13H2,(H2,27,28,29,30). The van der Waals surface area contributed by atoms with Crippen LogP contribution in [-0.2, 0) is 6.54 Å². The van der Waals surface area contributed by atoms with Crippen molar-refractivity contribution < 1.29 is 27.9 Å². The molecule has 1 saturated carbocycles. The van der Waals surface area contributed by atoms with E-state index in [0.717, 1.165) is 44.8 Å². The Bertz CT molecular complexity index is 970. The van der Waals surface area contributed by atoms with E-state index >= 15 is 0 Å². The molecular weight excluding hydrogens is 469 g/mol. The van der Waals surface area contributed by atoms with Gasteiger partial charge in [-0.2, -0.15) is 4.98 Å². The predicted octanol–water partition coefficient (Wildman–Crippen LogP) is 3.84. The summed E-state index contributed by atoms with van der Waals surface area (Å²) in [5.74, 6) is 0.0599. The molecule has 1 aliphatic carbocycles. The van der Waals surface area contributed by atoms with Crippen LogP contribution in [0.1, 0.15) is 37.7 Å². The number of rotatable bonds is 12. The van der Waals surface area contributed by atoms with E-state index in [1.165, 1.54) is 18.2 Å². The third kappa shape index (κ3) is 8.51. The van der Waals surface area contributed by atoms with Crippen LogP contribution in [0.3, 0.4) is 0 Å². The zero-order valence-electron chi connectivity index (χ0n) is 19.1. The fourth-order valence-corrected chi connectivity index (χ4v) is 3.97. The first-order valence-corrected chi connectivity index (χ1v) is 11.4. The van der Waals surface area contributed by atoms with Crippen LogP contribution >= 0.6 is 0 Å². The molecule has 2 aromatic rings. The van der Waals surface area contributed by atoms with Crippen molar-refractivity contribution in [1.82, 2.24) is 15.3 Å². The van der Waals surface area contributed by atoms with Crippen molar-refractivity contribution in [2.24, 2.45) is 5.92 Å². The maximum Gasteiger partial charge on any atom is 0.573 e. The van der Waals surface area contributed by atoms with E-state index < -0.39 is 11.3 Å². The van der Waals surface area contributed by atoms with Crippen molar-refractivity contribution in [3.8, 4) is 5.75 Å². The highest BCUT2D eigenvalue weighted by Gasteiger charge is 2.32. The summed E-state index contributed by atoms with van der Waals surface area (Å²) in [6.45, 7) is 1.37. The maximum absolute atomic E-state index is 12.6. The molecule has 10 nitrogen and oxygen atoms in total. The minimum absolute atomic E-state index is 0.0386. The number of benzene rings is 1. The van der Waals surface area contributed by atoms with Gasteiger partial charge < -0.3 is 25.8 Å². The Morgan fingerprint density at radius 2 is 1.91 bits per heavy atom. The minimum atomic E-state index is -4.83. The average molecular weight is 499 g/mol. The highest BCUT2D eigenvalue weighted by Crippen LogP contribution is 2.29. The Morgan fingerprint density at radius 3 is 2.60 bits per heavy atom. The lowest BCUT2D eigenvalue weighted by Crippen LogP contribution is -2.35. The number of hydrogen-bond donors (Lipinski definition) is 4. The number of nitrogens with zero attached hydrogens (tertiary/aromatic N) is 3. The van der Waals surface area contributed by atoms with E-state index in [2.05, 4.69) is 30.7 Å². The van der Waals surface area contributed by atoms with E-state index in [4.69, 9.17) is 5.11 Å². The normalized spacial score (nSPS) is 18.2. The van der Waals surface area contributed by atoms with E-state index in [9.17, 15) is 23.3 Å². The summed E-state index contributed by atoms with van der Waals surface area (Å²) in [5.41, 5.74) is -0.0543. The number of para-hydroxylation sites is 1. The molecule has 3 rings (SSSR count). The fraction of sp³-hybridized carbons (Fsp3) is 0.545. The zero-order valence-corrected chi connectivity index (χ0v) is 19.1. The lowest BCUT2D eigenvalue weighted by atomic mass is 9.86. The van der Waals surface area contributed by atoms with E-state index in [1.807, 2.05) is 0 Å². The van der Waals surface area contributed by atoms with Crippen LogP contribution in [0.2, 0.25) is 0 Å². The van der Waals surface area contributed by atoms with E-state index in [1.54, 1.807) is 6.07 Å². The molecular formula is C22H29F3N6O4. The lowest BCUT2D eigenvalue weighted by Gasteiger charge is -2.29. The number of ether oxygens (including phenoxy) is 1. The summed E-state index contributed by atoms with van der Waals surface area (Å²) >= 11 is 0. The Hall–Kier alpha value is -3.19. The number of anilines is 2. The first-order valence-electron chi connectivity index (χ1n) is 11.4. The molecule has 1 fully saturated rings. The summed E-state index contributed by atoms with van der Waals surface area (Å²) in [6.07, 6.45) is 0.818. The van der Waals surface area contributed by atoms with Crippen LogP contribution in [0.25, 0.3) is 0 Å². The van der Waals surface area contributed by atoms with Gasteiger partial charge in [-0.25, -0.2) is 4.98 Å². The number of aliphatic hydroxyl groups excluding tert-OH is 1.